The van der Waals surface area contributed by atoms with Gasteiger partial charge in [0.05, 0.1) is 18.3 Å². The molecule has 1 fully saturated rings. The summed E-state index contributed by atoms with van der Waals surface area (Å²) in [6.45, 7) is 1.11. The second-order valence-electron chi connectivity index (χ2n) is 3.88. The number of hydrogen-bond acceptors (Lipinski definition) is 3. The lowest BCUT2D eigenvalue weighted by Crippen LogP contribution is -2.23. The Morgan fingerprint density at radius 2 is 2.06 bits per heavy atom. The summed E-state index contributed by atoms with van der Waals surface area (Å²) in [5.41, 5.74) is 0.575. The standard InChI is InChI=1S/C13H15NO2/c14-10-11-4-1-2-7-13(11)16-9-8-15-12-5-3-6-12/h1-2,4,7,12H,3,5-6,8-9H2. The second-order valence-corrected chi connectivity index (χ2v) is 3.88. The molecule has 3 nitrogen and oxygen atoms in total. The Kier molecular flexibility index (Phi) is 3.79. The minimum absolute atomic E-state index is 0.440. The molecule has 0 radical (unpaired) electrons. The van der Waals surface area contributed by atoms with Gasteiger partial charge in [0.15, 0.2) is 0 Å². The Morgan fingerprint density at radius 3 is 2.75 bits per heavy atom. The zero-order chi connectivity index (χ0) is 11.2. The van der Waals surface area contributed by atoms with Crippen LogP contribution in [0, 0.1) is 11.3 Å². The van der Waals surface area contributed by atoms with Gasteiger partial charge in [-0.15, -0.1) is 0 Å². The fraction of sp³-hybridized carbons (Fsp3) is 0.462. The lowest BCUT2D eigenvalue weighted by molar-refractivity contribution is -0.0104. The number of hydrogen-bond donors (Lipinski definition) is 0. The first-order valence-electron chi connectivity index (χ1n) is 5.63. The normalized spacial score (nSPS) is 15.2. The number of ether oxygens (including phenoxy) is 2. The van der Waals surface area contributed by atoms with E-state index < -0.39 is 0 Å². The lowest BCUT2D eigenvalue weighted by atomic mass is 9.96. The SMILES string of the molecule is N#Cc1ccccc1OCCOC1CCC1. The van der Waals surface area contributed by atoms with Crippen LogP contribution in [0.1, 0.15) is 24.8 Å². The maximum Gasteiger partial charge on any atom is 0.137 e. The molecule has 1 aliphatic carbocycles. The molecule has 0 spiro atoms. The fourth-order valence-electron chi connectivity index (χ4n) is 1.59. The maximum atomic E-state index is 8.85. The zero-order valence-electron chi connectivity index (χ0n) is 9.19. The van der Waals surface area contributed by atoms with Crippen molar-refractivity contribution < 1.29 is 9.47 Å². The Balaban J connectivity index is 1.74. The van der Waals surface area contributed by atoms with E-state index in [-0.39, 0.29) is 0 Å². The van der Waals surface area contributed by atoms with E-state index in [4.69, 9.17) is 14.7 Å². The van der Waals surface area contributed by atoms with E-state index in [1.807, 2.05) is 18.2 Å². The van der Waals surface area contributed by atoms with Crippen LogP contribution < -0.4 is 4.74 Å². The minimum Gasteiger partial charge on any atom is -0.490 e. The molecule has 2 rings (SSSR count). The third kappa shape index (κ3) is 2.74. The molecule has 0 N–H and O–H groups in total. The van der Waals surface area contributed by atoms with Crippen molar-refractivity contribution >= 4 is 0 Å². The molecule has 0 bridgehead atoms. The highest BCUT2D eigenvalue weighted by atomic mass is 16.5. The van der Waals surface area contributed by atoms with Crippen molar-refractivity contribution in [3.63, 3.8) is 0 Å². The van der Waals surface area contributed by atoms with Gasteiger partial charge in [-0.25, -0.2) is 0 Å². The van der Waals surface area contributed by atoms with Crippen LogP contribution in [0.25, 0.3) is 0 Å². The number of para-hydroxylation sites is 1. The Morgan fingerprint density at radius 1 is 1.25 bits per heavy atom. The predicted octanol–water partition coefficient (Wildman–Crippen LogP) is 2.51. The molecule has 0 aliphatic heterocycles. The summed E-state index contributed by atoms with van der Waals surface area (Å²) in [5.74, 6) is 0.641. The molecule has 0 saturated heterocycles. The van der Waals surface area contributed by atoms with E-state index in [1.165, 1.54) is 19.3 Å². The van der Waals surface area contributed by atoms with Crippen molar-refractivity contribution in [2.75, 3.05) is 13.2 Å². The molecule has 0 unspecified atom stereocenters. The van der Waals surface area contributed by atoms with Crippen LogP contribution in [0.2, 0.25) is 0 Å². The van der Waals surface area contributed by atoms with E-state index in [2.05, 4.69) is 6.07 Å². The van der Waals surface area contributed by atoms with Crippen LogP contribution in [0.15, 0.2) is 24.3 Å². The molecule has 1 aliphatic rings. The summed E-state index contributed by atoms with van der Waals surface area (Å²) < 4.78 is 11.1. The maximum absolute atomic E-state index is 8.85. The van der Waals surface area contributed by atoms with Gasteiger partial charge < -0.3 is 9.47 Å². The summed E-state index contributed by atoms with van der Waals surface area (Å²) in [4.78, 5) is 0. The Hall–Kier alpha value is -1.53. The molecular formula is C13H15NO2. The van der Waals surface area contributed by atoms with Crippen molar-refractivity contribution in [1.29, 1.82) is 5.26 Å². The van der Waals surface area contributed by atoms with Gasteiger partial charge in [-0.1, -0.05) is 12.1 Å². The third-order valence-corrected chi connectivity index (χ3v) is 2.75. The summed E-state index contributed by atoms with van der Waals surface area (Å²) in [6, 6.07) is 9.36. The Bertz CT molecular complexity index is 380. The average Bonchev–Trinajstić information content (AvgIpc) is 2.27. The highest BCUT2D eigenvalue weighted by Gasteiger charge is 2.17. The van der Waals surface area contributed by atoms with E-state index in [0.717, 1.165) is 0 Å². The van der Waals surface area contributed by atoms with E-state index in [9.17, 15) is 0 Å². The van der Waals surface area contributed by atoms with Gasteiger partial charge in [-0.05, 0) is 31.4 Å². The molecule has 1 saturated carbocycles. The first-order chi connectivity index (χ1) is 7.90. The van der Waals surface area contributed by atoms with Gasteiger partial charge >= 0.3 is 0 Å². The third-order valence-electron chi connectivity index (χ3n) is 2.75. The topological polar surface area (TPSA) is 42.2 Å². The van der Waals surface area contributed by atoms with Crippen LogP contribution in [-0.2, 0) is 4.74 Å². The molecule has 1 aromatic carbocycles. The van der Waals surface area contributed by atoms with E-state index >= 15 is 0 Å². The zero-order valence-corrected chi connectivity index (χ0v) is 9.19. The Labute approximate surface area is 95.6 Å². The first-order valence-corrected chi connectivity index (χ1v) is 5.63. The number of benzene rings is 1. The molecule has 3 heteroatoms. The van der Waals surface area contributed by atoms with Gasteiger partial charge in [-0.2, -0.15) is 5.26 Å². The van der Waals surface area contributed by atoms with Crippen LogP contribution in [0.4, 0.5) is 0 Å². The molecule has 0 atom stereocenters. The van der Waals surface area contributed by atoms with Crippen molar-refractivity contribution in [1.82, 2.24) is 0 Å². The highest BCUT2D eigenvalue weighted by molar-refractivity contribution is 5.42. The van der Waals surface area contributed by atoms with Crippen molar-refractivity contribution in [2.24, 2.45) is 0 Å². The van der Waals surface area contributed by atoms with Crippen molar-refractivity contribution in [3.05, 3.63) is 29.8 Å². The van der Waals surface area contributed by atoms with Crippen LogP contribution >= 0.6 is 0 Å². The fourth-order valence-corrected chi connectivity index (χ4v) is 1.59. The highest BCUT2D eigenvalue weighted by Crippen LogP contribution is 2.22. The smallest absolute Gasteiger partial charge is 0.137 e. The molecular weight excluding hydrogens is 202 g/mol. The quantitative estimate of drug-likeness (QED) is 0.712. The lowest BCUT2D eigenvalue weighted by Gasteiger charge is -2.25. The predicted molar refractivity (Wildman–Crippen MR) is 60.2 cm³/mol. The van der Waals surface area contributed by atoms with Gasteiger partial charge in [0, 0.05) is 0 Å². The second kappa shape index (κ2) is 5.53. The largest absolute Gasteiger partial charge is 0.490 e. The van der Waals surface area contributed by atoms with E-state index in [0.29, 0.717) is 30.6 Å². The van der Waals surface area contributed by atoms with Gasteiger partial charge in [-0.3, -0.25) is 0 Å². The van der Waals surface area contributed by atoms with E-state index in [1.54, 1.807) is 6.07 Å². The summed E-state index contributed by atoms with van der Waals surface area (Å²) >= 11 is 0. The summed E-state index contributed by atoms with van der Waals surface area (Å²) in [6.07, 6.45) is 4.07. The molecule has 0 heterocycles. The average molecular weight is 217 g/mol. The number of rotatable bonds is 5. The molecule has 1 aromatic rings. The molecule has 84 valence electrons. The van der Waals surface area contributed by atoms with Gasteiger partial charge in [0.1, 0.15) is 18.4 Å². The van der Waals surface area contributed by atoms with Crippen LogP contribution in [0.5, 0.6) is 5.75 Å². The molecule has 16 heavy (non-hydrogen) atoms. The number of nitriles is 1. The molecule has 0 aromatic heterocycles. The van der Waals surface area contributed by atoms with Crippen LogP contribution in [-0.4, -0.2) is 19.3 Å². The minimum atomic E-state index is 0.440. The van der Waals surface area contributed by atoms with Gasteiger partial charge in [0.2, 0.25) is 0 Å². The van der Waals surface area contributed by atoms with Gasteiger partial charge in [0.25, 0.3) is 0 Å². The summed E-state index contributed by atoms with van der Waals surface area (Å²) in [7, 11) is 0. The summed E-state index contributed by atoms with van der Waals surface area (Å²) in [5, 5.41) is 8.85. The molecule has 0 amide bonds. The van der Waals surface area contributed by atoms with Crippen molar-refractivity contribution in [3.8, 4) is 11.8 Å². The van der Waals surface area contributed by atoms with Crippen LogP contribution in [0.3, 0.4) is 0 Å². The number of nitrogens with zero attached hydrogens (tertiary/aromatic N) is 1. The van der Waals surface area contributed by atoms with Crippen molar-refractivity contribution in [2.45, 2.75) is 25.4 Å². The monoisotopic (exact) mass is 217 g/mol. The first kappa shape index (κ1) is 11.0.